The molecule has 0 aliphatic carbocycles. The van der Waals surface area contributed by atoms with Crippen molar-refractivity contribution in [2.75, 3.05) is 11.4 Å². The van der Waals surface area contributed by atoms with Crippen molar-refractivity contribution in [3.05, 3.63) is 89.5 Å². The summed E-state index contributed by atoms with van der Waals surface area (Å²) in [6, 6.07) is 22.1. The fourth-order valence-electron chi connectivity index (χ4n) is 5.09. The Bertz CT molecular complexity index is 1370. The lowest BCUT2D eigenvalue weighted by Crippen LogP contribution is -2.51. The summed E-state index contributed by atoms with van der Waals surface area (Å²) in [7, 11) is 0. The van der Waals surface area contributed by atoms with Crippen LogP contribution in [0.2, 0.25) is 0 Å². The Kier molecular flexibility index (Phi) is 9.02. The first kappa shape index (κ1) is 29.0. The summed E-state index contributed by atoms with van der Waals surface area (Å²) in [5, 5.41) is 15.7. The molecule has 0 unspecified atom stereocenters. The van der Waals surface area contributed by atoms with Crippen LogP contribution in [0.1, 0.15) is 55.1 Å². The van der Waals surface area contributed by atoms with Crippen LogP contribution in [0.5, 0.6) is 0 Å². The number of benzene rings is 3. The van der Waals surface area contributed by atoms with Gasteiger partial charge in [-0.25, -0.2) is 0 Å². The predicted octanol–water partition coefficient (Wildman–Crippen LogP) is 3.56. The topological polar surface area (TPSA) is 125 Å². The lowest BCUT2D eigenvalue weighted by molar-refractivity contribution is -0.128. The minimum atomic E-state index is -0.702. The molecule has 0 aromatic heterocycles. The largest absolute Gasteiger partial charge is 0.392 e. The van der Waals surface area contributed by atoms with E-state index in [0.29, 0.717) is 24.9 Å². The fraction of sp³-hybridized carbons (Fsp3) is 0.344. The number of hydrogen-bond acceptors (Lipinski definition) is 5. The molecule has 1 aliphatic rings. The van der Waals surface area contributed by atoms with Crippen molar-refractivity contribution >= 4 is 23.4 Å². The summed E-state index contributed by atoms with van der Waals surface area (Å²) >= 11 is 0. The molecule has 0 radical (unpaired) electrons. The molecule has 4 rings (SSSR count). The molecule has 8 heteroatoms. The van der Waals surface area contributed by atoms with Crippen LogP contribution in [0.3, 0.4) is 0 Å². The molecule has 1 heterocycles. The molecule has 2 atom stereocenters. The molecule has 3 amide bonds. The third-order valence-electron chi connectivity index (χ3n) is 7.14. The maximum atomic E-state index is 13.9. The molecule has 5 N–H and O–H groups in total. The van der Waals surface area contributed by atoms with Gasteiger partial charge in [0.25, 0.3) is 0 Å². The molecule has 0 saturated heterocycles. The van der Waals surface area contributed by atoms with Gasteiger partial charge in [-0.2, -0.15) is 0 Å². The van der Waals surface area contributed by atoms with E-state index in [1.54, 1.807) is 17.9 Å². The van der Waals surface area contributed by atoms with Crippen molar-refractivity contribution in [2.45, 2.75) is 64.3 Å². The molecule has 3 aromatic carbocycles. The number of rotatable bonds is 10. The van der Waals surface area contributed by atoms with E-state index in [2.05, 4.69) is 10.6 Å². The first-order valence-corrected chi connectivity index (χ1v) is 13.6. The molecule has 8 nitrogen and oxygen atoms in total. The van der Waals surface area contributed by atoms with E-state index in [1.165, 1.54) is 0 Å². The Labute approximate surface area is 235 Å². The highest BCUT2D eigenvalue weighted by molar-refractivity contribution is 6.02. The van der Waals surface area contributed by atoms with Crippen molar-refractivity contribution in [1.82, 2.24) is 10.6 Å². The number of hydrogen-bond donors (Lipinski definition) is 4. The SMILES string of the molecule is C[C@@H](O)CNC(C)(C)CC(=O)N[C@@H]1CCc2ccccc2N(Cc2ccc(-c3ccccc3)c(C(N)=O)c2)C1=O. The average Bonchev–Trinajstić information content (AvgIpc) is 3.04. The number of nitrogens with two attached hydrogens (primary N) is 1. The second-order valence-corrected chi connectivity index (χ2v) is 11.1. The molecule has 0 spiro atoms. The van der Waals surface area contributed by atoms with E-state index in [0.717, 1.165) is 27.9 Å². The van der Waals surface area contributed by atoms with Gasteiger partial charge in [0, 0.05) is 29.8 Å². The van der Waals surface area contributed by atoms with Crippen LogP contribution in [0.15, 0.2) is 72.8 Å². The normalized spacial score (nSPS) is 16.1. The van der Waals surface area contributed by atoms with Gasteiger partial charge in [-0.1, -0.05) is 60.7 Å². The Morgan fingerprint density at radius 1 is 1.07 bits per heavy atom. The Morgan fingerprint density at radius 2 is 1.77 bits per heavy atom. The number of aliphatic hydroxyl groups excluding tert-OH is 1. The van der Waals surface area contributed by atoms with Crippen molar-refractivity contribution in [3.63, 3.8) is 0 Å². The highest BCUT2D eigenvalue weighted by Crippen LogP contribution is 2.30. The number of fused-ring (bicyclic) bond motifs is 1. The van der Waals surface area contributed by atoms with Gasteiger partial charge in [0.15, 0.2) is 0 Å². The number of anilines is 1. The lowest BCUT2D eigenvalue weighted by atomic mass is 9.96. The lowest BCUT2D eigenvalue weighted by Gasteiger charge is -2.29. The number of para-hydroxylation sites is 1. The van der Waals surface area contributed by atoms with Gasteiger partial charge in [0.2, 0.25) is 17.7 Å². The summed E-state index contributed by atoms with van der Waals surface area (Å²) in [4.78, 5) is 41.0. The first-order valence-electron chi connectivity index (χ1n) is 13.6. The second-order valence-electron chi connectivity index (χ2n) is 11.1. The second kappa shape index (κ2) is 12.4. The molecule has 0 bridgehead atoms. The third kappa shape index (κ3) is 7.14. The molecular weight excluding hydrogens is 504 g/mol. The highest BCUT2D eigenvalue weighted by atomic mass is 16.3. The van der Waals surface area contributed by atoms with Gasteiger partial charge in [-0.05, 0) is 68.0 Å². The summed E-state index contributed by atoms with van der Waals surface area (Å²) < 4.78 is 0. The minimum absolute atomic E-state index is 0.152. The predicted molar refractivity (Wildman–Crippen MR) is 157 cm³/mol. The smallest absolute Gasteiger partial charge is 0.249 e. The number of aryl methyl sites for hydroxylation is 1. The van der Waals surface area contributed by atoms with Crippen molar-refractivity contribution in [1.29, 1.82) is 0 Å². The summed E-state index contributed by atoms with van der Waals surface area (Å²) in [6.07, 6.45) is 0.722. The van der Waals surface area contributed by atoms with E-state index in [4.69, 9.17) is 5.73 Å². The zero-order valence-corrected chi connectivity index (χ0v) is 23.3. The fourth-order valence-corrected chi connectivity index (χ4v) is 5.09. The maximum absolute atomic E-state index is 13.9. The van der Waals surface area contributed by atoms with Gasteiger partial charge < -0.3 is 26.4 Å². The number of amides is 3. The quantitative estimate of drug-likeness (QED) is 0.312. The number of aliphatic hydroxyl groups is 1. The monoisotopic (exact) mass is 542 g/mol. The van der Waals surface area contributed by atoms with E-state index in [-0.39, 0.29) is 24.8 Å². The number of nitrogens with zero attached hydrogens (tertiary/aromatic N) is 1. The average molecular weight is 543 g/mol. The Balaban J connectivity index is 1.59. The molecule has 0 fully saturated rings. The number of primary amides is 1. The first-order chi connectivity index (χ1) is 19.0. The van der Waals surface area contributed by atoms with E-state index < -0.39 is 23.6 Å². The zero-order valence-electron chi connectivity index (χ0n) is 23.3. The van der Waals surface area contributed by atoms with E-state index >= 15 is 0 Å². The standard InChI is InChI=1S/C32H38N4O4/c1-21(37)19-34-32(2,3)18-29(38)35-27-16-14-24-11-7-8-12-28(24)36(31(27)40)20-22-13-15-25(26(17-22)30(33)39)23-9-5-4-6-10-23/h4-13,15,17,21,27,34,37H,14,16,18-20H2,1-3H3,(H2,33,39)(H,35,38)/t21-,27-/m1/s1. The maximum Gasteiger partial charge on any atom is 0.249 e. The molecular formula is C32H38N4O4. The van der Waals surface area contributed by atoms with Crippen LogP contribution in [-0.4, -0.2) is 47.1 Å². The molecule has 1 aliphatic heterocycles. The molecule has 3 aromatic rings. The number of carbonyl (C=O) groups excluding carboxylic acids is 3. The van der Waals surface area contributed by atoms with Gasteiger partial charge in [-0.3, -0.25) is 14.4 Å². The number of nitrogens with one attached hydrogen (secondary N) is 2. The number of carbonyl (C=O) groups is 3. The summed E-state index contributed by atoms with van der Waals surface area (Å²) in [5.41, 5.74) is 9.77. The minimum Gasteiger partial charge on any atom is -0.392 e. The van der Waals surface area contributed by atoms with Crippen LogP contribution < -0.4 is 21.3 Å². The summed E-state index contributed by atoms with van der Waals surface area (Å²) in [5.74, 6) is -0.989. The molecule has 0 saturated carbocycles. The Hall–Kier alpha value is -4.01. The van der Waals surface area contributed by atoms with Gasteiger partial charge in [0.05, 0.1) is 12.6 Å². The van der Waals surface area contributed by atoms with Crippen molar-refractivity contribution in [2.24, 2.45) is 5.73 Å². The van der Waals surface area contributed by atoms with Crippen LogP contribution in [-0.2, 0) is 22.6 Å². The van der Waals surface area contributed by atoms with Crippen molar-refractivity contribution in [3.8, 4) is 11.1 Å². The third-order valence-corrected chi connectivity index (χ3v) is 7.14. The Morgan fingerprint density at radius 3 is 2.48 bits per heavy atom. The van der Waals surface area contributed by atoms with E-state index in [9.17, 15) is 19.5 Å². The van der Waals surface area contributed by atoms with E-state index in [1.807, 2.05) is 80.6 Å². The van der Waals surface area contributed by atoms with Gasteiger partial charge in [0.1, 0.15) is 6.04 Å². The summed E-state index contributed by atoms with van der Waals surface area (Å²) in [6.45, 7) is 6.05. The zero-order chi connectivity index (χ0) is 28.9. The molecule has 210 valence electrons. The van der Waals surface area contributed by atoms with Gasteiger partial charge in [-0.15, -0.1) is 0 Å². The van der Waals surface area contributed by atoms with Crippen LogP contribution in [0, 0.1) is 0 Å². The number of β-amino-alcohol motifs (C(OH)–C–C–N with tert-alkyl or cyclic N) is 1. The van der Waals surface area contributed by atoms with Crippen LogP contribution in [0.25, 0.3) is 11.1 Å². The van der Waals surface area contributed by atoms with Crippen LogP contribution in [0.4, 0.5) is 5.69 Å². The van der Waals surface area contributed by atoms with Gasteiger partial charge >= 0.3 is 0 Å². The highest BCUT2D eigenvalue weighted by Gasteiger charge is 2.33. The molecule has 40 heavy (non-hydrogen) atoms. The van der Waals surface area contributed by atoms with Crippen molar-refractivity contribution < 1.29 is 19.5 Å². The van der Waals surface area contributed by atoms with Crippen LogP contribution >= 0.6 is 0 Å².